The Hall–Kier alpha value is -1.77. The third-order valence-electron chi connectivity index (χ3n) is 3.22. The average molecular weight is 328 g/mol. The van der Waals surface area contributed by atoms with E-state index in [1.54, 1.807) is 18.7 Å². The van der Waals surface area contributed by atoms with Gasteiger partial charge in [0.1, 0.15) is 0 Å². The summed E-state index contributed by atoms with van der Waals surface area (Å²) in [6.45, 7) is 5.06. The molecule has 0 spiro atoms. The van der Waals surface area contributed by atoms with Crippen molar-refractivity contribution in [3.63, 3.8) is 0 Å². The Labute approximate surface area is 133 Å². The number of carbonyl (C=O) groups is 2. The molecular formula is C13H20N4O4S. The lowest BCUT2D eigenvalue weighted by molar-refractivity contribution is -0.119. The average Bonchev–Trinajstić information content (AvgIpc) is 2.92. The molecule has 0 bridgehead atoms. The number of likely N-dealkylation sites (tertiary alicyclic amines) is 1. The molecule has 1 aromatic rings. The summed E-state index contributed by atoms with van der Waals surface area (Å²) in [5.41, 5.74) is 0. The summed E-state index contributed by atoms with van der Waals surface area (Å²) in [7, 11) is 0. The van der Waals surface area contributed by atoms with Crippen molar-refractivity contribution in [2.24, 2.45) is 0 Å². The van der Waals surface area contributed by atoms with E-state index in [9.17, 15) is 9.59 Å². The van der Waals surface area contributed by atoms with E-state index in [-0.39, 0.29) is 23.8 Å². The van der Waals surface area contributed by atoms with Gasteiger partial charge < -0.3 is 19.4 Å². The number of thioether (sulfide) groups is 1. The summed E-state index contributed by atoms with van der Waals surface area (Å²) in [5, 5.41) is 10.9. The van der Waals surface area contributed by atoms with E-state index < -0.39 is 0 Å². The lowest BCUT2D eigenvalue weighted by Gasteiger charge is -2.31. The van der Waals surface area contributed by atoms with Gasteiger partial charge in [0.25, 0.3) is 5.22 Å². The molecule has 0 saturated carbocycles. The van der Waals surface area contributed by atoms with E-state index in [4.69, 9.17) is 9.15 Å². The Morgan fingerprint density at radius 3 is 2.73 bits per heavy atom. The van der Waals surface area contributed by atoms with E-state index in [1.165, 1.54) is 11.8 Å². The molecule has 0 aliphatic carbocycles. The Morgan fingerprint density at radius 2 is 2.14 bits per heavy atom. The van der Waals surface area contributed by atoms with Crippen LogP contribution in [0.4, 0.5) is 4.79 Å². The summed E-state index contributed by atoms with van der Waals surface area (Å²) < 4.78 is 10.2. The van der Waals surface area contributed by atoms with Gasteiger partial charge in [0.15, 0.2) is 0 Å². The van der Waals surface area contributed by atoms with Crippen LogP contribution in [0.3, 0.4) is 0 Å². The van der Waals surface area contributed by atoms with Crippen molar-refractivity contribution in [1.82, 2.24) is 20.4 Å². The molecule has 8 nitrogen and oxygen atoms in total. The minimum atomic E-state index is -0.283. The number of piperidine rings is 1. The first-order valence-electron chi connectivity index (χ1n) is 7.22. The van der Waals surface area contributed by atoms with E-state index >= 15 is 0 Å². The summed E-state index contributed by atoms with van der Waals surface area (Å²) in [5.74, 6) is 0.643. The summed E-state index contributed by atoms with van der Waals surface area (Å²) in [4.78, 5) is 25.1. The van der Waals surface area contributed by atoms with E-state index in [0.717, 1.165) is 12.8 Å². The second-order valence-corrected chi connectivity index (χ2v) is 5.83. The zero-order valence-corrected chi connectivity index (χ0v) is 13.5. The fraction of sp³-hybridized carbons (Fsp3) is 0.692. The van der Waals surface area contributed by atoms with Crippen molar-refractivity contribution in [3.8, 4) is 0 Å². The van der Waals surface area contributed by atoms with Crippen molar-refractivity contribution in [1.29, 1.82) is 0 Å². The lowest BCUT2D eigenvalue weighted by Crippen LogP contribution is -2.47. The number of amides is 2. The number of nitrogens with one attached hydrogen (secondary N) is 1. The highest BCUT2D eigenvalue weighted by molar-refractivity contribution is 7.99. The largest absolute Gasteiger partial charge is 0.450 e. The molecule has 0 unspecified atom stereocenters. The van der Waals surface area contributed by atoms with Crippen molar-refractivity contribution in [3.05, 3.63) is 5.89 Å². The molecule has 1 aliphatic rings. The van der Waals surface area contributed by atoms with Crippen LogP contribution < -0.4 is 5.32 Å². The number of aromatic nitrogens is 2. The molecule has 0 radical (unpaired) electrons. The maximum atomic E-state index is 11.9. The van der Waals surface area contributed by atoms with Crippen LogP contribution in [0.25, 0.3) is 0 Å². The standard InChI is InChI=1S/C13H20N4O4S/c1-3-20-13(19)17-6-4-10(5-7-17)14-11(18)8-22-12-16-15-9(2)21-12/h10H,3-8H2,1-2H3,(H,14,18). The Kier molecular flexibility index (Phi) is 6.05. The summed E-state index contributed by atoms with van der Waals surface area (Å²) in [6.07, 6.45) is 1.18. The summed E-state index contributed by atoms with van der Waals surface area (Å²) in [6, 6.07) is 0.0863. The predicted octanol–water partition coefficient (Wildman–Crippen LogP) is 1.21. The molecule has 1 fully saturated rings. The summed E-state index contributed by atoms with van der Waals surface area (Å²) >= 11 is 1.21. The van der Waals surface area contributed by atoms with Crippen LogP contribution in [0.1, 0.15) is 25.7 Å². The number of ether oxygens (including phenoxy) is 1. The molecule has 2 rings (SSSR count). The van der Waals surface area contributed by atoms with Crippen LogP contribution in [0.2, 0.25) is 0 Å². The minimum absolute atomic E-state index is 0.0737. The van der Waals surface area contributed by atoms with Crippen LogP contribution in [0.15, 0.2) is 9.64 Å². The molecule has 1 aromatic heterocycles. The number of hydrogen-bond acceptors (Lipinski definition) is 7. The molecule has 0 aromatic carbocycles. The third-order valence-corrected chi connectivity index (χ3v) is 4.04. The highest BCUT2D eigenvalue weighted by atomic mass is 32.2. The number of carbonyl (C=O) groups excluding carboxylic acids is 2. The van der Waals surface area contributed by atoms with Gasteiger partial charge in [-0.05, 0) is 19.8 Å². The normalized spacial score (nSPS) is 15.6. The fourth-order valence-corrected chi connectivity index (χ4v) is 2.77. The van der Waals surface area contributed by atoms with Crippen LogP contribution in [0, 0.1) is 6.92 Å². The van der Waals surface area contributed by atoms with Crippen LogP contribution in [0.5, 0.6) is 0 Å². The van der Waals surface area contributed by atoms with Gasteiger partial charge in [-0.2, -0.15) is 0 Å². The van der Waals surface area contributed by atoms with Gasteiger partial charge >= 0.3 is 6.09 Å². The van der Waals surface area contributed by atoms with Crippen LogP contribution in [-0.4, -0.2) is 58.6 Å². The first-order valence-corrected chi connectivity index (χ1v) is 8.21. The molecule has 1 N–H and O–H groups in total. The van der Waals surface area contributed by atoms with Gasteiger partial charge in [-0.15, -0.1) is 10.2 Å². The molecule has 2 heterocycles. The van der Waals surface area contributed by atoms with Crippen molar-refractivity contribution < 1.29 is 18.7 Å². The molecule has 2 amide bonds. The molecule has 22 heavy (non-hydrogen) atoms. The maximum Gasteiger partial charge on any atom is 0.409 e. The number of nitrogens with zero attached hydrogens (tertiary/aromatic N) is 3. The fourth-order valence-electron chi connectivity index (χ4n) is 2.15. The van der Waals surface area contributed by atoms with Crippen molar-refractivity contribution in [2.75, 3.05) is 25.4 Å². The van der Waals surface area contributed by atoms with Gasteiger partial charge in [-0.25, -0.2) is 4.79 Å². The van der Waals surface area contributed by atoms with Gasteiger partial charge in [-0.1, -0.05) is 11.8 Å². The second kappa shape index (κ2) is 8.02. The van der Waals surface area contributed by atoms with Crippen molar-refractivity contribution >= 4 is 23.8 Å². The molecule has 9 heteroatoms. The van der Waals surface area contributed by atoms with Gasteiger partial charge in [0.2, 0.25) is 11.8 Å². The topological polar surface area (TPSA) is 97.6 Å². The minimum Gasteiger partial charge on any atom is -0.450 e. The van der Waals surface area contributed by atoms with E-state index in [1.807, 2.05) is 0 Å². The second-order valence-electron chi connectivity index (χ2n) is 4.90. The number of aryl methyl sites for hydroxylation is 1. The monoisotopic (exact) mass is 328 g/mol. The maximum absolute atomic E-state index is 11.9. The highest BCUT2D eigenvalue weighted by Crippen LogP contribution is 2.16. The molecule has 122 valence electrons. The third kappa shape index (κ3) is 4.90. The lowest BCUT2D eigenvalue weighted by atomic mass is 10.1. The molecule has 1 aliphatic heterocycles. The number of rotatable bonds is 5. The highest BCUT2D eigenvalue weighted by Gasteiger charge is 2.24. The van der Waals surface area contributed by atoms with Gasteiger partial charge in [-0.3, -0.25) is 4.79 Å². The zero-order chi connectivity index (χ0) is 15.9. The smallest absolute Gasteiger partial charge is 0.409 e. The van der Waals surface area contributed by atoms with E-state index in [0.29, 0.717) is 30.8 Å². The first-order chi connectivity index (χ1) is 10.6. The van der Waals surface area contributed by atoms with Gasteiger partial charge in [0.05, 0.1) is 12.4 Å². The molecule has 0 atom stereocenters. The first kappa shape index (κ1) is 16.6. The predicted molar refractivity (Wildman–Crippen MR) is 79.5 cm³/mol. The van der Waals surface area contributed by atoms with Crippen LogP contribution in [-0.2, 0) is 9.53 Å². The quantitative estimate of drug-likeness (QED) is 0.811. The Balaban J connectivity index is 1.67. The van der Waals surface area contributed by atoms with E-state index in [2.05, 4.69) is 15.5 Å². The zero-order valence-electron chi connectivity index (χ0n) is 12.7. The van der Waals surface area contributed by atoms with Crippen LogP contribution >= 0.6 is 11.8 Å². The van der Waals surface area contributed by atoms with Crippen molar-refractivity contribution in [2.45, 2.75) is 38.0 Å². The van der Waals surface area contributed by atoms with Gasteiger partial charge in [0, 0.05) is 26.1 Å². The Bertz CT molecular complexity index is 514. The SMILES string of the molecule is CCOC(=O)N1CCC(NC(=O)CSc2nnc(C)o2)CC1. The number of hydrogen-bond donors (Lipinski definition) is 1. The molecule has 1 saturated heterocycles. The molecular weight excluding hydrogens is 308 g/mol. The Morgan fingerprint density at radius 1 is 1.41 bits per heavy atom.